The van der Waals surface area contributed by atoms with Crippen LogP contribution in [0.5, 0.6) is 0 Å². The molecule has 1 aliphatic carbocycles. The number of hydrogen-bond acceptors (Lipinski definition) is 3. The molecule has 2 fully saturated rings. The molecule has 2 heterocycles. The number of hydrogen-bond donors (Lipinski definition) is 0. The Bertz CT molecular complexity index is 734. The molecule has 25 heavy (non-hydrogen) atoms. The van der Waals surface area contributed by atoms with Gasteiger partial charge in [0.1, 0.15) is 6.10 Å². The summed E-state index contributed by atoms with van der Waals surface area (Å²) in [6.07, 6.45) is 4.53. The van der Waals surface area contributed by atoms with E-state index in [2.05, 4.69) is 41.9 Å². The summed E-state index contributed by atoms with van der Waals surface area (Å²) in [5, 5.41) is 0. The molecule has 130 valence electrons. The fourth-order valence-electron chi connectivity index (χ4n) is 4.07. The Labute approximate surface area is 148 Å². The van der Waals surface area contributed by atoms with Crippen LogP contribution in [0.1, 0.15) is 43.4 Å². The fourth-order valence-corrected chi connectivity index (χ4v) is 4.07. The number of amides is 1. The van der Waals surface area contributed by atoms with E-state index < -0.39 is 0 Å². The van der Waals surface area contributed by atoms with Crippen LogP contribution in [-0.4, -0.2) is 34.5 Å². The van der Waals surface area contributed by atoms with Crippen molar-refractivity contribution in [3.8, 4) is 0 Å². The number of carbonyl (C=O) groups excluding carboxylic acids is 1. The van der Waals surface area contributed by atoms with Gasteiger partial charge in [-0.25, -0.2) is 0 Å². The van der Waals surface area contributed by atoms with Crippen molar-refractivity contribution in [1.29, 1.82) is 0 Å². The molecule has 1 aliphatic heterocycles. The van der Waals surface area contributed by atoms with Gasteiger partial charge in [0.25, 0.3) is 0 Å². The van der Waals surface area contributed by atoms with Crippen molar-refractivity contribution in [3.05, 3.63) is 66.0 Å². The van der Waals surface area contributed by atoms with E-state index in [9.17, 15) is 4.79 Å². The Morgan fingerprint density at radius 3 is 2.60 bits per heavy atom. The molecule has 4 rings (SSSR count). The van der Waals surface area contributed by atoms with E-state index >= 15 is 0 Å². The van der Waals surface area contributed by atoms with Crippen molar-refractivity contribution in [3.63, 3.8) is 0 Å². The third-order valence-electron chi connectivity index (χ3n) is 5.47. The highest BCUT2D eigenvalue weighted by molar-refractivity contribution is 5.83. The summed E-state index contributed by atoms with van der Waals surface area (Å²) in [6.45, 7) is 4.77. The largest absolute Gasteiger partial charge is 0.369 e. The molecule has 1 aromatic heterocycles. The number of benzene rings is 1. The summed E-state index contributed by atoms with van der Waals surface area (Å²) in [5.74, 6) is 0.667. The van der Waals surface area contributed by atoms with E-state index in [4.69, 9.17) is 4.74 Å². The minimum Gasteiger partial charge on any atom is -0.369 e. The van der Waals surface area contributed by atoms with Crippen LogP contribution in [-0.2, 0) is 9.53 Å². The highest BCUT2D eigenvalue weighted by atomic mass is 16.5. The molecule has 1 amide bonds. The average Bonchev–Trinajstić information content (AvgIpc) is 3.44. The molecule has 0 bridgehead atoms. The lowest BCUT2D eigenvalue weighted by Gasteiger charge is -2.44. The van der Waals surface area contributed by atoms with Crippen LogP contribution >= 0.6 is 0 Å². The third kappa shape index (κ3) is 3.07. The van der Waals surface area contributed by atoms with Crippen LogP contribution in [0, 0.1) is 5.92 Å². The Morgan fingerprint density at radius 2 is 1.88 bits per heavy atom. The van der Waals surface area contributed by atoms with E-state index in [1.807, 2.05) is 30.5 Å². The van der Waals surface area contributed by atoms with Gasteiger partial charge in [0, 0.05) is 18.3 Å². The van der Waals surface area contributed by atoms with Crippen LogP contribution in [0.25, 0.3) is 0 Å². The molecule has 5 atom stereocenters. The number of aromatic nitrogens is 1. The summed E-state index contributed by atoms with van der Waals surface area (Å²) in [4.78, 5) is 19.4. The van der Waals surface area contributed by atoms with Crippen LogP contribution in [0.15, 0.2) is 54.9 Å². The number of ether oxygens (including phenoxy) is 1. The van der Waals surface area contributed by atoms with Crippen molar-refractivity contribution in [2.75, 3.05) is 6.61 Å². The predicted octanol–water partition coefficient (Wildman–Crippen LogP) is 3.56. The number of morpholine rings is 1. The minimum atomic E-state index is -0.0584. The molecular weight excluding hydrogens is 312 g/mol. The highest BCUT2D eigenvalue weighted by Gasteiger charge is 2.49. The Morgan fingerprint density at radius 1 is 1.12 bits per heavy atom. The first kappa shape index (κ1) is 16.3. The van der Waals surface area contributed by atoms with Crippen molar-refractivity contribution < 1.29 is 9.53 Å². The number of pyridine rings is 1. The molecule has 0 N–H and O–H groups in total. The SMILES string of the molecule is C[C@@H]1CO[C@H](c2ccccc2)[C@H](C)N1C(=O)[C@@H]1C[C@@H]1c1cccnc1. The van der Waals surface area contributed by atoms with Gasteiger partial charge in [-0.2, -0.15) is 0 Å². The summed E-state index contributed by atoms with van der Waals surface area (Å²) in [6, 6.07) is 14.4. The normalized spacial score (nSPS) is 31.6. The second-order valence-corrected chi connectivity index (χ2v) is 7.23. The fraction of sp³-hybridized carbons (Fsp3) is 0.429. The topological polar surface area (TPSA) is 42.4 Å². The lowest BCUT2D eigenvalue weighted by molar-refractivity contribution is -0.154. The van der Waals surface area contributed by atoms with Gasteiger partial charge >= 0.3 is 0 Å². The zero-order valence-electron chi connectivity index (χ0n) is 14.7. The quantitative estimate of drug-likeness (QED) is 0.861. The number of nitrogens with zero attached hydrogens (tertiary/aromatic N) is 2. The molecule has 2 aliphatic rings. The lowest BCUT2D eigenvalue weighted by atomic mass is 9.97. The molecule has 1 aromatic carbocycles. The summed E-state index contributed by atoms with van der Waals surface area (Å²) in [5.41, 5.74) is 2.31. The molecule has 0 unspecified atom stereocenters. The van der Waals surface area contributed by atoms with Gasteiger partial charge in [0.05, 0.1) is 18.7 Å². The van der Waals surface area contributed by atoms with Gasteiger partial charge in [0.15, 0.2) is 0 Å². The number of carbonyl (C=O) groups is 1. The maximum absolute atomic E-state index is 13.2. The zero-order valence-corrected chi connectivity index (χ0v) is 14.7. The highest BCUT2D eigenvalue weighted by Crippen LogP contribution is 2.49. The maximum Gasteiger partial charge on any atom is 0.226 e. The van der Waals surface area contributed by atoms with Crippen LogP contribution in [0.4, 0.5) is 0 Å². The molecule has 1 saturated carbocycles. The molecule has 1 saturated heterocycles. The van der Waals surface area contributed by atoms with Crippen LogP contribution < -0.4 is 0 Å². The summed E-state index contributed by atoms with van der Waals surface area (Å²) in [7, 11) is 0. The Balaban J connectivity index is 1.51. The third-order valence-corrected chi connectivity index (χ3v) is 5.47. The van der Waals surface area contributed by atoms with Gasteiger partial charge in [-0.1, -0.05) is 36.4 Å². The standard InChI is InChI=1S/C21H24N2O2/c1-14-13-25-20(16-7-4-3-5-8-16)15(2)23(14)21(24)19-11-18(19)17-9-6-10-22-12-17/h3-10,12,14-15,18-20H,11,13H2,1-2H3/t14-,15+,18-,19-,20+/m1/s1. The molecule has 4 nitrogen and oxygen atoms in total. The van der Waals surface area contributed by atoms with Crippen molar-refractivity contribution in [1.82, 2.24) is 9.88 Å². The molecule has 0 spiro atoms. The Hall–Kier alpha value is -2.20. The second kappa shape index (κ2) is 6.60. The minimum absolute atomic E-state index is 0.0359. The van der Waals surface area contributed by atoms with Crippen molar-refractivity contribution in [2.24, 2.45) is 5.92 Å². The van der Waals surface area contributed by atoms with Gasteiger partial charge in [-0.05, 0) is 43.4 Å². The predicted molar refractivity (Wildman–Crippen MR) is 96.0 cm³/mol. The summed E-state index contributed by atoms with van der Waals surface area (Å²) < 4.78 is 6.08. The van der Waals surface area contributed by atoms with Gasteiger partial charge < -0.3 is 9.64 Å². The van der Waals surface area contributed by atoms with Crippen LogP contribution in [0.3, 0.4) is 0 Å². The summed E-state index contributed by atoms with van der Waals surface area (Å²) >= 11 is 0. The monoisotopic (exact) mass is 336 g/mol. The van der Waals surface area contributed by atoms with Crippen molar-refractivity contribution in [2.45, 2.75) is 44.4 Å². The Kier molecular flexibility index (Phi) is 4.30. The first-order valence-electron chi connectivity index (χ1n) is 9.05. The van der Waals surface area contributed by atoms with E-state index in [1.165, 1.54) is 5.56 Å². The second-order valence-electron chi connectivity index (χ2n) is 7.23. The lowest BCUT2D eigenvalue weighted by Crippen LogP contribution is -2.54. The van der Waals surface area contributed by atoms with E-state index in [1.54, 1.807) is 6.20 Å². The van der Waals surface area contributed by atoms with E-state index in [0.29, 0.717) is 12.5 Å². The van der Waals surface area contributed by atoms with Crippen LogP contribution in [0.2, 0.25) is 0 Å². The zero-order chi connectivity index (χ0) is 17.4. The van der Waals surface area contributed by atoms with Gasteiger partial charge in [-0.3, -0.25) is 9.78 Å². The average molecular weight is 336 g/mol. The maximum atomic E-state index is 13.2. The molecule has 4 heteroatoms. The van der Waals surface area contributed by atoms with E-state index in [0.717, 1.165) is 12.0 Å². The molecule has 0 radical (unpaired) electrons. The smallest absolute Gasteiger partial charge is 0.226 e. The molecule has 2 aromatic rings. The first-order valence-corrected chi connectivity index (χ1v) is 9.05. The van der Waals surface area contributed by atoms with Crippen molar-refractivity contribution >= 4 is 5.91 Å². The van der Waals surface area contributed by atoms with Gasteiger partial charge in [-0.15, -0.1) is 0 Å². The van der Waals surface area contributed by atoms with Gasteiger partial charge in [0.2, 0.25) is 5.91 Å². The number of rotatable bonds is 3. The first-order chi connectivity index (χ1) is 12.2. The molecular formula is C21H24N2O2. The van der Waals surface area contributed by atoms with E-state index in [-0.39, 0.29) is 30.0 Å².